The lowest BCUT2D eigenvalue weighted by Gasteiger charge is -2.16. The van der Waals surface area contributed by atoms with E-state index in [4.69, 9.17) is 0 Å². The second-order valence-electron chi connectivity index (χ2n) is 3.78. The van der Waals surface area contributed by atoms with E-state index in [0.717, 1.165) is 0 Å². The summed E-state index contributed by atoms with van der Waals surface area (Å²) in [6.45, 7) is -0.125. The molecule has 1 N–H and O–H groups in total. The number of alkyl halides is 3. The van der Waals surface area contributed by atoms with Crippen molar-refractivity contribution in [2.24, 2.45) is 4.99 Å². The molecule has 1 aromatic rings. The van der Waals surface area contributed by atoms with Crippen LogP contribution in [0.5, 0.6) is 0 Å². The van der Waals surface area contributed by atoms with Crippen LogP contribution in [0.2, 0.25) is 0 Å². The van der Waals surface area contributed by atoms with Gasteiger partial charge >= 0.3 is 6.18 Å². The van der Waals surface area contributed by atoms with Crippen molar-refractivity contribution in [1.82, 2.24) is 5.32 Å². The predicted molar refractivity (Wildman–Crippen MR) is 62.6 cm³/mol. The largest absolute Gasteiger partial charge is 0.449 e. The molecule has 0 atom stereocenters. The minimum Gasteiger partial charge on any atom is -0.342 e. The zero-order chi connectivity index (χ0) is 14.0. The highest BCUT2D eigenvalue weighted by atomic mass is 19.4. The topological polar surface area (TPSA) is 67.5 Å². The average Bonchev–Trinajstić information content (AvgIpc) is 2.38. The van der Waals surface area contributed by atoms with Gasteiger partial charge in [0.2, 0.25) is 5.84 Å². The Morgan fingerprint density at radius 1 is 1.26 bits per heavy atom. The zero-order valence-corrected chi connectivity index (χ0v) is 9.44. The number of benzene rings is 1. The highest BCUT2D eigenvalue weighted by Crippen LogP contribution is 2.23. The van der Waals surface area contributed by atoms with E-state index in [1.807, 2.05) is 0 Å². The van der Waals surface area contributed by atoms with Crippen LogP contribution in [-0.2, 0) is 0 Å². The van der Waals surface area contributed by atoms with Gasteiger partial charge in [0.15, 0.2) is 0 Å². The summed E-state index contributed by atoms with van der Waals surface area (Å²) >= 11 is 0. The first-order valence-corrected chi connectivity index (χ1v) is 5.20. The summed E-state index contributed by atoms with van der Waals surface area (Å²) in [6, 6.07) is 5.53. The molecule has 19 heavy (non-hydrogen) atoms. The predicted octanol–water partition coefficient (Wildman–Crippen LogP) is 2.50. The zero-order valence-electron chi connectivity index (χ0n) is 9.44. The van der Waals surface area contributed by atoms with E-state index in [1.54, 1.807) is 0 Å². The van der Waals surface area contributed by atoms with Crippen LogP contribution in [0.4, 0.5) is 18.9 Å². The summed E-state index contributed by atoms with van der Waals surface area (Å²) in [7, 11) is 0. The Hall–Kier alpha value is -2.38. The van der Waals surface area contributed by atoms with Crippen LogP contribution in [0.3, 0.4) is 0 Å². The van der Waals surface area contributed by atoms with Gasteiger partial charge < -0.3 is 5.32 Å². The van der Waals surface area contributed by atoms with E-state index in [-0.39, 0.29) is 12.2 Å². The fraction of sp³-hybridized carbons (Fsp3) is 0.182. The van der Waals surface area contributed by atoms with Crippen molar-refractivity contribution in [1.29, 1.82) is 0 Å². The minimum absolute atomic E-state index is 0.0763. The maximum Gasteiger partial charge on any atom is 0.449 e. The summed E-state index contributed by atoms with van der Waals surface area (Å²) in [5.74, 6) is -1.04. The molecule has 0 aromatic heterocycles. The Balaban J connectivity index is 2.14. The second kappa shape index (κ2) is 4.71. The summed E-state index contributed by atoms with van der Waals surface area (Å²) < 4.78 is 36.9. The number of non-ortho nitro benzene ring substituents is 1. The molecule has 0 bridgehead atoms. The lowest BCUT2D eigenvalue weighted by Crippen LogP contribution is -2.36. The van der Waals surface area contributed by atoms with Crippen LogP contribution in [-0.4, -0.2) is 23.5 Å². The Labute approximate surface area is 105 Å². The molecule has 1 aromatic carbocycles. The van der Waals surface area contributed by atoms with Gasteiger partial charge in [0.1, 0.15) is 0 Å². The van der Waals surface area contributed by atoms with Crippen LogP contribution in [0.1, 0.15) is 5.56 Å². The minimum atomic E-state index is -4.50. The molecule has 0 unspecified atom stereocenters. The van der Waals surface area contributed by atoms with Crippen molar-refractivity contribution in [3.8, 4) is 0 Å². The van der Waals surface area contributed by atoms with E-state index >= 15 is 0 Å². The molecule has 1 aliphatic heterocycles. The van der Waals surface area contributed by atoms with Gasteiger partial charge in [-0.15, -0.1) is 0 Å². The maximum atomic E-state index is 12.3. The molecule has 0 saturated carbocycles. The number of hydrogen-bond donors (Lipinski definition) is 1. The van der Waals surface area contributed by atoms with Crippen LogP contribution in [0.15, 0.2) is 35.5 Å². The Kier molecular flexibility index (Phi) is 3.24. The summed E-state index contributed by atoms with van der Waals surface area (Å²) in [4.78, 5) is 13.3. The van der Waals surface area contributed by atoms with Crippen molar-refractivity contribution < 1.29 is 18.1 Å². The van der Waals surface area contributed by atoms with E-state index < -0.39 is 16.9 Å². The summed E-state index contributed by atoms with van der Waals surface area (Å²) in [6.07, 6.45) is -3.30. The van der Waals surface area contributed by atoms with Crippen LogP contribution in [0.25, 0.3) is 5.57 Å². The number of amidine groups is 1. The first kappa shape index (κ1) is 13.1. The molecule has 2 rings (SSSR count). The van der Waals surface area contributed by atoms with E-state index in [9.17, 15) is 23.3 Å². The molecule has 1 aliphatic rings. The number of nitrogens with one attached hydrogen (secondary N) is 1. The molecule has 0 aliphatic carbocycles. The number of halogens is 3. The highest BCUT2D eigenvalue weighted by molar-refractivity contribution is 5.92. The third-order valence-electron chi connectivity index (χ3n) is 2.51. The molecule has 0 fully saturated rings. The van der Waals surface area contributed by atoms with Crippen LogP contribution < -0.4 is 5.32 Å². The molecule has 1 heterocycles. The summed E-state index contributed by atoms with van der Waals surface area (Å²) in [5.41, 5.74) is 1.04. The molecule has 0 radical (unpaired) electrons. The number of nitro groups is 1. The van der Waals surface area contributed by atoms with Crippen molar-refractivity contribution in [3.63, 3.8) is 0 Å². The van der Waals surface area contributed by atoms with Gasteiger partial charge in [0.05, 0.1) is 11.5 Å². The fourth-order valence-corrected chi connectivity index (χ4v) is 1.55. The van der Waals surface area contributed by atoms with Gasteiger partial charge in [-0.25, -0.2) is 0 Å². The third-order valence-corrected chi connectivity index (χ3v) is 2.51. The third kappa shape index (κ3) is 2.90. The fourth-order valence-electron chi connectivity index (χ4n) is 1.55. The molecule has 100 valence electrons. The van der Waals surface area contributed by atoms with E-state index in [2.05, 4.69) is 10.3 Å². The van der Waals surface area contributed by atoms with Gasteiger partial charge in [-0.2, -0.15) is 13.2 Å². The van der Waals surface area contributed by atoms with Crippen molar-refractivity contribution in [2.45, 2.75) is 6.18 Å². The lowest BCUT2D eigenvalue weighted by atomic mass is 10.1. The Morgan fingerprint density at radius 3 is 2.32 bits per heavy atom. The quantitative estimate of drug-likeness (QED) is 0.663. The van der Waals surface area contributed by atoms with Crippen LogP contribution >= 0.6 is 0 Å². The molecule has 5 nitrogen and oxygen atoms in total. The Morgan fingerprint density at radius 2 is 1.89 bits per heavy atom. The van der Waals surface area contributed by atoms with E-state index in [1.165, 1.54) is 30.5 Å². The van der Waals surface area contributed by atoms with Gasteiger partial charge in [-0.1, -0.05) is 0 Å². The normalized spacial score (nSPS) is 15.3. The van der Waals surface area contributed by atoms with Crippen LogP contribution in [0, 0.1) is 10.1 Å². The molecular weight excluding hydrogens is 263 g/mol. The van der Waals surface area contributed by atoms with Crippen molar-refractivity contribution in [3.05, 3.63) is 46.1 Å². The monoisotopic (exact) mass is 271 g/mol. The molecule has 8 heteroatoms. The lowest BCUT2D eigenvalue weighted by molar-refractivity contribution is -0.384. The van der Waals surface area contributed by atoms with Crippen molar-refractivity contribution >= 4 is 17.1 Å². The second-order valence-corrected chi connectivity index (χ2v) is 3.78. The number of rotatable bonds is 2. The average molecular weight is 271 g/mol. The summed E-state index contributed by atoms with van der Waals surface area (Å²) in [5, 5.41) is 12.5. The van der Waals surface area contributed by atoms with Gasteiger partial charge in [0.25, 0.3) is 5.69 Å². The highest BCUT2D eigenvalue weighted by Gasteiger charge is 2.36. The standard InChI is InChI=1S/C11H8F3N3O2/c12-11(13,14)10-15-5-8(6-16-10)7-1-3-9(4-2-7)17(18)19/h1-5H,6H2,(H,15,16). The molecule has 0 saturated heterocycles. The smallest absolute Gasteiger partial charge is 0.342 e. The SMILES string of the molecule is O=[N+]([O-])c1ccc(C2=CNC(C(F)(F)F)=NC2)cc1. The van der Waals surface area contributed by atoms with Gasteiger partial charge in [-0.3, -0.25) is 15.1 Å². The Bertz CT molecular complexity index is 562. The number of nitro benzene ring substituents is 1. The number of nitrogens with zero attached hydrogens (tertiary/aromatic N) is 2. The molecule has 0 spiro atoms. The number of aliphatic imine (C=N–C) groups is 1. The molecular formula is C11H8F3N3O2. The van der Waals surface area contributed by atoms with Gasteiger partial charge in [-0.05, 0) is 23.3 Å². The number of hydrogen-bond acceptors (Lipinski definition) is 4. The molecule has 0 amide bonds. The first-order valence-electron chi connectivity index (χ1n) is 5.20. The van der Waals surface area contributed by atoms with Gasteiger partial charge in [0, 0.05) is 18.3 Å². The van der Waals surface area contributed by atoms with E-state index in [0.29, 0.717) is 11.1 Å². The van der Waals surface area contributed by atoms with Crippen molar-refractivity contribution in [2.75, 3.05) is 6.54 Å². The first-order chi connectivity index (χ1) is 8.88. The maximum absolute atomic E-state index is 12.3.